The predicted molar refractivity (Wildman–Crippen MR) is 118 cm³/mol. The number of piperidine rings is 1. The molecule has 1 fully saturated rings. The Kier molecular flexibility index (Phi) is 7.40. The zero-order valence-electron chi connectivity index (χ0n) is 16.0. The number of anilines is 1. The van der Waals surface area contributed by atoms with Crippen LogP contribution in [0.1, 0.15) is 18.4 Å². The monoisotopic (exact) mass is 394 g/mol. The number of hydrogen-bond acceptors (Lipinski definition) is 4. The molecule has 3 aromatic rings. The Morgan fingerprint density at radius 3 is 2.14 bits per heavy atom. The van der Waals surface area contributed by atoms with E-state index in [0.717, 1.165) is 30.2 Å². The van der Waals surface area contributed by atoms with Crippen molar-refractivity contribution in [3.63, 3.8) is 0 Å². The van der Waals surface area contributed by atoms with E-state index in [0.29, 0.717) is 5.92 Å². The van der Waals surface area contributed by atoms with Gasteiger partial charge in [-0.2, -0.15) is 0 Å². The minimum atomic E-state index is 0. The first kappa shape index (κ1) is 20.3. The lowest BCUT2D eigenvalue weighted by Crippen LogP contribution is -2.35. The lowest BCUT2D eigenvalue weighted by atomic mass is 9.96. The largest absolute Gasteiger partial charge is 0.368 e. The summed E-state index contributed by atoms with van der Waals surface area (Å²) in [4.78, 5) is 2.56. The van der Waals surface area contributed by atoms with Gasteiger partial charge in [0.1, 0.15) is 5.82 Å². The topological polar surface area (TPSA) is 41.0 Å². The van der Waals surface area contributed by atoms with Crippen LogP contribution in [0.15, 0.2) is 72.8 Å². The number of likely N-dealkylation sites (tertiary alicyclic amines) is 1. The highest BCUT2D eigenvalue weighted by molar-refractivity contribution is 5.85. The molecule has 5 heteroatoms. The van der Waals surface area contributed by atoms with Crippen LogP contribution in [0, 0.1) is 5.92 Å². The summed E-state index contributed by atoms with van der Waals surface area (Å²) in [6, 6.07) is 25.0. The minimum absolute atomic E-state index is 0. The molecule has 0 spiro atoms. The van der Waals surface area contributed by atoms with Crippen molar-refractivity contribution < 1.29 is 0 Å². The van der Waals surface area contributed by atoms with Crippen LogP contribution < -0.4 is 5.32 Å². The standard InChI is InChI=1S/C23H26N4.ClH/c1-3-7-20(8-4-1)18-27-15-13-19(14-16-27)17-24-23-12-11-22(25-26-23)21-9-5-2-6-10-21;/h1-12,19H,13-18H2,(H,24,26);1H. The Hall–Kier alpha value is -2.43. The van der Waals surface area contributed by atoms with Crippen molar-refractivity contribution in [2.75, 3.05) is 25.0 Å². The summed E-state index contributed by atoms with van der Waals surface area (Å²) < 4.78 is 0. The van der Waals surface area contributed by atoms with E-state index in [1.54, 1.807) is 0 Å². The maximum Gasteiger partial charge on any atom is 0.148 e. The van der Waals surface area contributed by atoms with Gasteiger partial charge < -0.3 is 5.32 Å². The van der Waals surface area contributed by atoms with Crippen molar-refractivity contribution in [2.45, 2.75) is 19.4 Å². The van der Waals surface area contributed by atoms with Gasteiger partial charge in [-0.3, -0.25) is 4.90 Å². The number of nitrogens with one attached hydrogen (secondary N) is 1. The van der Waals surface area contributed by atoms with Crippen molar-refractivity contribution in [3.8, 4) is 11.3 Å². The maximum atomic E-state index is 4.35. The van der Waals surface area contributed by atoms with E-state index < -0.39 is 0 Å². The van der Waals surface area contributed by atoms with Crippen molar-refractivity contribution in [1.29, 1.82) is 0 Å². The summed E-state index contributed by atoms with van der Waals surface area (Å²) >= 11 is 0. The van der Waals surface area contributed by atoms with Gasteiger partial charge in [0.25, 0.3) is 0 Å². The lowest BCUT2D eigenvalue weighted by Gasteiger charge is -2.32. The lowest BCUT2D eigenvalue weighted by molar-refractivity contribution is 0.182. The van der Waals surface area contributed by atoms with Crippen LogP contribution in [0.3, 0.4) is 0 Å². The molecule has 1 saturated heterocycles. The molecule has 1 aliphatic heterocycles. The van der Waals surface area contributed by atoms with Crippen LogP contribution in [0.5, 0.6) is 0 Å². The second kappa shape index (κ2) is 10.2. The first-order chi connectivity index (χ1) is 13.4. The van der Waals surface area contributed by atoms with E-state index in [2.05, 4.69) is 62.9 Å². The van der Waals surface area contributed by atoms with Crippen molar-refractivity contribution in [2.24, 2.45) is 5.92 Å². The molecule has 0 radical (unpaired) electrons. The third-order valence-electron chi connectivity index (χ3n) is 5.26. The molecule has 0 amide bonds. The molecular weight excluding hydrogens is 368 g/mol. The number of nitrogens with zero attached hydrogens (tertiary/aromatic N) is 3. The molecule has 2 aromatic carbocycles. The number of hydrogen-bond donors (Lipinski definition) is 1. The highest BCUT2D eigenvalue weighted by Gasteiger charge is 2.19. The van der Waals surface area contributed by atoms with Gasteiger partial charge in [-0.1, -0.05) is 60.7 Å². The highest BCUT2D eigenvalue weighted by Crippen LogP contribution is 2.20. The zero-order chi connectivity index (χ0) is 18.3. The summed E-state index contributed by atoms with van der Waals surface area (Å²) in [5, 5.41) is 12.2. The molecule has 1 N–H and O–H groups in total. The highest BCUT2D eigenvalue weighted by atomic mass is 35.5. The minimum Gasteiger partial charge on any atom is -0.368 e. The summed E-state index contributed by atoms with van der Waals surface area (Å²) in [5.41, 5.74) is 3.42. The van der Waals surface area contributed by atoms with E-state index in [1.165, 1.54) is 31.5 Å². The molecule has 1 aliphatic rings. The Bertz CT molecular complexity index is 816. The van der Waals surface area contributed by atoms with Crippen molar-refractivity contribution in [3.05, 3.63) is 78.4 Å². The first-order valence-corrected chi connectivity index (χ1v) is 9.76. The van der Waals surface area contributed by atoms with Crippen LogP contribution in [0.25, 0.3) is 11.3 Å². The third-order valence-corrected chi connectivity index (χ3v) is 5.26. The summed E-state index contributed by atoms with van der Waals surface area (Å²) in [5.74, 6) is 1.56. The fourth-order valence-electron chi connectivity index (χ4n) is 3.63. The van der Waals surface area contributed by atoms with Gasteiger partial charge >= 0.3 is 0 Å². The van der Waals surface area contributed by atoms with Gasteiger partial charge in [0.05, 0.1) is 5.69 Å². The van der Waals surface area contributed by atoms with E-state index in [-0.39, 0.29) is 12.4 Å². The first-order valence-electron chi connectivity index (χ1n) is 9.76. The summed E-state index contributed by atoms with van der Waals surface area (Å²) in [6.07, 6.45) is 2.46. The van der Waals surface area contributed by atoms with Gasteiger partial charge in [0.15, 0.2) is 0 Å². The maximum absolute atomic E-state index is 4.35. The van der Waals surface area contributed by atoms with Crippen LogP contribution in [-0.2, 0) is 6.54 Å². The molecule has 28 heavy (non-hydrogen) atoms. The molecule has 2 heterocycles. The normalized spacial score (nSPS) is 15.0. The molecule has 146 valence electrons. The van der Waals surface area contributed by atoms with Gasteiger partial charge in [0.2, 0.25) is 0 Å². The molecule has 0 unspecified atom stereocenters. The number of rotatable bonds is 6. The molecule has 0 saturated carbocycles. The fourth-order valence-corrected chi connectivity index (χ4v) is 3.63. The molecule has 4 nitrogen and oxygen atoms in total. The average Bonchev–Trinajstić information content (AvgIpc) is 2.75. The Balaban J connectivity index is 0.00000225. The quantitative estimate of drug-likeness (QED) is 0.646. The van der Waals surface area contributed by atoms with Gasteiger partial charge in [-0.15, -0.1) is 22.6 Å². The molecule has 1 aromatic heterocycles. The van der Waals surface area contributed by atoms with Crippen LogP contribution in [0.2, 0.25) is 0 Å². The van der Waals surface area contributed by atoms with Crippen LogP contribution >= 0.6 is 12.4 Å². The third kappa shape index (κ3) is 5.54. The Morgan fingerprint density at radius 2 is 1.50 bits per heavy atom. The summed E-state index contributed by atoms with van der Waals surface area (Å²) in [6.45, 7) is 4.37. The predicted octanol–water partition coefficient (Wildman–Crippen LogP) is 4.89. The van der Waals surface area contributed by atoms with E-state index in [1.807, 2.05) is 30.3 Å². The number of halogens is 1. The van der Waals surface area contributed by atoms with Gasteiger partial charge in [-0.05, 0) is 49.5 Å². The van der Waals surface area contributed by atoms with Crippen LogP contribution in [-0.4, -0.2) is 34.7 Å². The van der Waals surface area contributed by atoms with Crippen molar-refractivity contribution in [1.82, 2.24) is 15.1 Å². The van der Waals surface area contributed by atoms with Crippen molar-refractivity contribution >= 4 is 18.2 Å². The second-order valence-electron chi connectivity index (χ2n) is 7.26. The van der Waals surface area contributed by atoms with E-state index in [4.69, 9.17) is 0 Å². The Morgan fingerprint density at radius 1 is 0.821 bits per heavy atom. The Labute approximate surface area is 173 Å². The SMILES string of the molecule is Cl.c1ccc(CN2CCC(CNc3ccc(-c4ccccc4)nn3)CC2)cc1. The molecule has 0 aliphatic carbocycles. The number of aromatic nitrogens is 2. The molecule has 4 rings (SSSR count). The number of benzene rings is 2. The molecular formula is C23H27ClN4. The second-order valence-corrected chi connectivity index (χ2v) is 7.26. The van der Waals surface area contributed by atoms with Gasteiger partial charge in [0, 0.05) is 18.7 Å². The average molecular weight is 395 g/mol. The zero-order valence-corrected chi connectivity index (χ0v) is 16.8. The fraction of sp³-hybridized carbons (Fsp3) is 0.304. The van der Waals surface area contributed by atoms with Crippen LogP contribution in [0.4, 0.5) is 5.82 Å². The van der Waals surface area contributed by atoms with E-state index >= 15 is 0 Å². The molecule has 0 bridgehead atoms. The smallest absolute Gasteiger partial charge is 0.148 e. The summed E-state index contributed by atoms with van der Waals surface area (Å²) in [7, 11) is 0. The van der Waals surface area contributed by atoms with E-state index in [9.17, 15) is 0 Å². The van der Waals surface area contributed by atoms with Gasteiger partial charge in [-0.25, -0.2) is 0 Å². The molecule has 0 atom stereocenters.